The predicted molar refractivity (Wildman–Crippen MR) is 20.9 cm³/mol. The summed E-state index contributed by atoms with van der Waals surface area (Å²) in [6.45, 7) is -1.01. The Labute approximate surface area is 34.1 Å². The van der Waals surface area contributed by atoms with Crippen LogP contribution in [0.5, 0.6) is 0 Å². The van der Waals surface area contributed by atoms with E-state index >= 15 is 0 Å². The van der Waals surface area contributed by atoms with Gasteiger partial charge in [-0.05, 0) is 13.0 Å². The molecule has 0 radical (unpaired) electrons. The normalized spacial score (nSPS) is 15.4. The van der Waals surface area contributed by atoms with E-state index in [4.69, 9.17) is 2.74 Å². The van der Waals surface area contributed by atoms with Crippen LogP contribution in [0.3, 0.4) is 0 Å². The molecule has 0 aromatic rings. The second-order valence-electron chi connectivity index (χ2n) is 0.521. The van der Waals surface area contributed by atoms with Gasteiger partial charge in [0.15, 0.2) is 0 Å². The molecule has 0 saturated heterocycles. The quantitative estimate of drug-likeness (QED) is 0.330. The molecule has 1 nitrogen and oxygen atoms in total. The van der Waals surface area contributed by atoms with Crippen molar-refractivity contribution >= 4 is 6.29 Å². The fraction of sp³-hybridized carbons (Fsp3) is 0.250. The van der Waals surface area contributed by atoms with E-state index in [1.54, 1.807) is 0 Å². The number of hydrogen-bond donors (Lipinski definition) is 0. The van der Waals surface area contributed by atoms with Gasteiger partial charge in [0.1, 0.15) is 6.29 Å². The number of carbonyl (C=O) groups excluding carboxylic acids is 1. The lowest BCUT2D eigenvalue weighted by Gasteiger charge is -1.51. The molecule has 0 N–H and O–H groups in total. The van der Waals surface area contributed by atoms with Crippen molar-refractivity contribution in [1.29, 1.82) is 0 Å². The summed E-state index contributed by atoms with van der Waals surface area (Å²) in [4.78, 5) is 9.46. The second kappa shape index (κ2) is 3.41. The van der Waals surface area contributed by atoms with Crippen LogP contribution in [0.4, 0.5) is 0 Å². The van der Waals surface area contributed by atoms with Crippen LogP contribution >= 0.6 is 0 Å². The van der Waals surface area contributed by atoms with Gasteiger partial charge in [-0.1, -0.05) is 6.08 Å². The Bertz CT molecular complexity index is 77.8. The van der Waals surface area contributed by atoms with E-state index in [-0.39, 0.29) is 0 Å². The fourth-order valence-corrected chi connectivity index (χ4v) is 0.0454. The van der Waals surface area contributed by atoms with Gasteiger partial charge >= 0.3 is 0 Å². The molecule has 0 rings (SSSR count). The second-order valence-corrected chi connectivity index (χ2v) is 0.521. The average molecular weight is 72.1 g/mol. The Hall–Kier alpha value is -0.590. The molecule has 1 heteroatoms. The minimum Gasteiger partial charge on any atom is -0.299 e. The minimum atomic E-state index is -1.01. The van der Waals surface area contributed by atoms with Crippen LogP contribution in [0.15, 0.2) is 12.2 Å². The summed E-state index contributed by atoms with van der Waals surface area (Å²) in [7, 11) is 0. The Morgan fingerprint density at radius 1 is 2.00 bits per heavy atom. The lowest BCUT2D eigenvalue weighted by Crippen LogP contribution is -1.50. The molecule has 0 aliphatic heterocycles. The number of allylic oxidation sites excluding steroid dienone is 2. The van der Waals surface area contributed by atoms with Crippen LogP contribution in [0.2, 0.25) is 0 Å². The van der Waals surface area contributed by atoms with Crippen LogP contribution in [-0.2, 0) is 4.79 Å². The molecular formula is C4H6O. The monoisotopic (exact) mass is 72.1 g/mol. The molecule has 28 valence electrons. The number of carbonyl (C=O) groups is 1. The first-order valence-corrected chi connectivity index (χ1v) is 1.24. The van der Waals surface area contributed by atoms with Crippen LogP contribution in [0.1, 0.15) is 9.62 Å². The summed E-state index contributed by atoms with van der Waals surface area (Å²) < 4.78 is 13.0. The highest BCUT2D eigenvalue weighted by Gasteiger charge is 1.48. The lowest BCUT2D eigenvalue weighted by molar-refractivity contribution is -0.104. The third-order valence-corrected chi connectivity index (χ3v) is 0.190. The van der Waals surface area contributed by atoms with E-state index in [1.165, 1.54) is 6.08 Å². The molecule has 0 bridgehead atoms. The third-order valence-electron chi connectivity index (χ3n) is 0.190. The molecule has 0 aliphatic carbocycles. The van der Waals surface area contributed by atoms with Crippen LogP contribution in [0, 0.1) is 0 Å². The van der Waals surface area contributed by atoms with Crippen molar-refractivity contribution in [2.75, 3.05) is 0 Å². The molecule has 0 spiro atoms. The largest absolute Gasteiger partial charge is 0.299 e. The van der Waals surface area contributed by atoms with E-state index in [0.717, 1.165) is 6.08 Å². The van der Waals surface area contributed by atoms with E-state index in [0.29, 0.717) is 6.29 Å². The first-order chi connectivity index (χ1) is 3.27. The SMILES string of the molecule is [2H]C([2H])C=CC=O. The van der Waals surface area contributed by atoms with Gasteiger partial charge in [0.2, 0.25) is 0 Å². The summed E-state index contributed by atoms with van der Waals surface area (Å²) in [5.41, 5.74) is 0. The summed E-state index contributed by atoms with van der Waals surface area (Å²) >= 11 is 0. The van der Waals surface area contributed by atoms with Crippen molar-refractivity contribution in [3.05, 3.63) is 12.2 Å². The van der Waals surface area contributed by atoms with Crippen molar-refractivity contribution < 1.29 is 7.54 Å². The average Bonchev–Trinajstić information content (AvgIpc) is 1.61. The number of rotatable bonds is 1. The maximum absolute atomic E-state index is 9.46. The molecule has 0 aliphatic rings. The Kier molecular flexibility index (Phi) is 1.19. The van der Waals surface area contributed by atoms with Crippen LogP contribution in [-0.4, -0.2) is 6.29 Å². The molecule has 0 atom stereocenters. The van der Waals surface area contributed by atoms with Gasteiger partial charge in [-0.25, -0.2) is 0 Å². The summed E-state index contributed by atoms with van der Waals surface area (Å²) in [6.07, 6.45) is 2.88. The molecule has 0 aromatic heterocycles. The van der Waals surface area contributed by atoms with Crippen molar-refractivity contribution in [3.63, 3.8) is 0 Å². The fourth-order valence-electron chi connectivity index (χ4n) is 0.0454. The van der Waals surface area contributed by atoms with Crippen LogP contribution in [0.25, 0.3) is 0 Å². The zero-order chi connectivity index (χ0) is 5.70. The van der Waals surface area contributed by atoms with E-state index in [9.17, 15) is 4.79 Å². The summed E-state index contributed by atoms with van der Waals surface area (Å²) in [5, 5.41) is 0. The van der Waals surface area contributed by atoms with E-state index in [2.05, 4.69) is 0 Å². The first-order valence-electron chi connectivity index (χ1n) is 2.39. The number of aldehydes is 1. The Morgan fingerprint density at radius 2 is 2.80 bits per heavy atom. The van der Waals surface area contributed by atoms with Crippen molar-refractivity contribution in [1.82, 2.24) is 0 Å². The topological polar surface area (TPSA) is 17.1 Å². The first kappa shape index (κ1) is 1.75. The van der Waals surface area contributed by atoms with Gasteiger partial charge < -0.3 is 0 Å². The van der Waals surface area contributed by atoms with Gasteiger partial charge in [0, 0.05) is 2.74 Å². The smallest absolute Gasteiger partial charge is 0.142 e. The summed E-state index contributed by atoms with van der Waals surface area (Å²) in [6, 6.07) is 0. The van der Waals surface area contributed by atoms with Gasteiger partial charge in [0.05, 0.1) is 0 Å². The van der Waals surface area contributed by atoms with Crippen LogP contribution < -0.4 is 0 Å². The zero-order valence-corrected chi connectivity index (χ0v) is 2.72. The van der Waals surface area contributed by atoms with Gasteiger partial charge in [0.25, 0.3) is 0 Å². The van der Waals surface area contributed by atoms with E-state index < -0.39 is 6.88 Å². The Morgan fingerprint density at radius 3 is 3.00 bits per heavy atom. The highest BCUT2D eigenvalue weighted by molar-refractivity contribution is 5.64. The number of hydrogen-bond acceptors (Lipinski definition) is 1. The lowest BCUT2D eigenvalue weighted by atomic mass is 10.6. The van der Waals surface area contributed by atoms with Gasteiger partial charge in [-0.2, -0.15) is 0 Å². The molecular weight excluding hydrogens is 64.0 g/mol. The van der Waals surface area contributed by atoms with Gasteiger partial charge in [-0.15, -0.1) is 0 Å². The highest BCUT2D eigenvalue weighted by Crippen LogP contribution is 1.55. The maximum Gasteiger partial charge on any atom is 0.142 e. The standard InChI is InChI=1S/C4H6O/c1-2-3-4-5/h2-4H,1H3/i1D2. The summed E-state index contributed by atoms with van der Waals surface area (Å²) in [5.74, 6) is 0. The third kappa shape index (κ3) is 3.41. The molecule has 0 unspecified atom stereocenters. The molecule has 0 fully saturated rings. The van der Waals surface area contributed by atoms with Crippen molar-refractivity contribution in [2.45, 2.75) is 6.88 Å². The highest BCUT2D eigenvalue weighted by atomic mass is 16.1. The maximum atomic E-state index is 9.46. The molecule has 0 heterocycles. The van der Waals surface area contributed by atoms with Gasteiger partial charge in [-0.3, -0.25) is 4.79 Å². The molecule has 0 aromatic carbocycles. The van der Waals surface area contributed by atoms with E-state index in [1.807, 2.05) is 0 Å². The van der Waals surface area contributed by atoms with Crippen molar-refractivity contribution in [2.24, 2.45) is 0 Å². The Balaban J connectivity index is 3.25. The molecule has 5 heavy (non-hydrogen) atoms. The molecule has 0 saturated carbocycles. The minimum absolute atomic E-state index is 0.552. The van der Waals surface area contributed by atoms with Crippen molar-refractivity contribution in [3.8, 4) is 0 Å². The zero-order valence-electron chi connectivity index (χ0n) is 4.72. The predicted octanol–water partition coefficient (Wildman–Crippen LogP) is 0.761. The molecule has 0 amide bonds.